The maximum absolute atomic E-state index is 12.3. The van der Waals surface area contributed by atoms with Gasteiger partial charge in [-0.25, -0.2) is 0 Å². The zero-order valence-electron chi connectivity index (χ0n) is 15.2. The third kappa shape index (κ3) is 6.04. The molecule has 2 N–H and O–H groups in total. The minimum Gasteiger partial charge on any atom is -0.494 e. The van der Waals surface area contributed by atoms with E-state index in [1.54, 1.807) is 24.3 Å². The summed E-state index contributed by atoms with van der Waals surface area (Å²) in [5.41, 5.74) is 1.26. The molecule has 0 saturated heterocycles. The molecule has 0 aromatic heterocycles. The summed E-state index contributed by atoms with van der Waals surface area (Å²) in [6.45, 7) is 6.58. The van der Waals surface area contributed by atoms with Gasteiger partial charge in [-0.1, -0.05) is 13.0 Å². The lowest BCUT2D eigenvalue weighted by Crippen LogP contribution is -2.34. The van der Waals surface area contributed by atoms with Crippen LogP contribution in [0, 0.1) is 0 Å². The van der Waals surface area contributed by atoms with E-state index in [1.165, 1.54) is 0 Å². The van der Waals surface area contributed by atoms with Gasteiger partial charge in [0.2, 0.25) is 0 Å². The summed E-state index contributed by atoms with van der Waals surface area (Å²) in [7, 11) is 0. The maximum atomic E-state index is 12.3. The molecular weight excluding hydrogens is 348 g/mol. The highest BCUT2D eigenvalue weighted by molar-refractivity contribution is 7.80. The molecule has 2 rings (SSSR count). The third-order valence-electron chi connectivity index (χ3n) is 3.66. The monoisotopic (exact) mass is 372 g/mol. The highest BCUT2D eigenvalue weighted by Crippen LogP contribution is 2.19. The second-order valence-electron chi connectivity index (χ2n) is 5.73. The van der Waals surface area contributed by atoms with Crippen LogP contribution in [0.2, 0.25) is 0 Å². The molecule has 0 bridgehead atoms. The molecule has 0 spiro atoms. The SMILES string of the molecule is CCOc1ccc(C(=O)NC(=S)Nc2cccc(OC(C)CC)c2)cc1. The van der Waals surface area contributed by atoms with E-state index in [0.717, 1.165) is 23.6 Å². The Kier molecular flexibility index (Phi) is 7.41. The average Bonchev–Trinajstić information content (AvgIpc) is 2.62. The summed E-state index contributed by atoms with van der Waals surface area (Å²) in [5.74, 6) is 1.20. The van der Waals surface area contributed by atoms with Crippen LogP contribution in [0.15, 0.2) is 48.5 Å². The first-order valence-corrected chi connectivity index (χ1v) is 9.04. The van der Waals surface area contributed by atoms with Crippen LogP contribution < -0.4 is 20.1 Å². The largest absolute Gasteiger partial charge is 0.494 e. The fourth-order valence-electron chi connectivity index (χ4n) is 2.17. The van der Waals surface area contributed by atoms with E-state index in [4.69, 9.17) is 21.7 Å². The van der Waals surface area contributed by atoms with Gasteiger partial charge in [-0.2, -0.15) is 0 Å². The zero-order valence-corrected chi connectivity index (χ0v) is 16.1. The molecule has 0 fully saturated rings. The number of thiocarbonyl (C=S) groups is 1. The van der Waals surface area contributed by atoms with E-state index >= 15 is 0 Å². The predicted octanol–water partition coefficient (Wildman–Crippen LogP) is 4.39. The Morgan fingerprint density at radius 1 is 1.12 bits per heavy atom. The molecule has 6 heteroatoms. The minimum atomic E-state index is -0.280. The molecule has 138 valence electrons. The number of hydrogen-bond acceptors (Lipinski definition) is 4. The van der Waals surface area contributed by atoms with Crippen LogP contribution in [-0.2, 0) is 0 Å². The molecule has 1 unspecified atom stereocenters. The number of amides is 1. The van der Waals surface area contributed by atoms with E-state index in [1.807, 2.05) is 38.1 Å². The number of benzene rings is 2. The van der Waals surface area contributed by atoms with E-state index < -0.39 is 0 Å². The lowest BCUT2D eigenvalue weighted by molar-refractivity contribution is 0.0977. The van der Waals surface area contributed by atoms with Crippen molar-refractivity contribution in [1.29, 1.82) is 0 Å². The normalized spacial score (nSPS) is 11.3. The van der Waals surface area contributed by atoms with E-state index in [9.17, 15) is 4.79 Å². The van der Waals surface area contributed by atoms with E-state index in [-0.39, 0.29) is 17.1 Å². The van der Waals surface area contributed by atoms with Crippen LogP contribution in [0.5, 0.6) is 11.5 Å². The fourth-order valence-corrected chi connectivity index (χ4v) is 2.38. The van der Waals surface area contributed by atoms with Crippen LogP contribution in [0.25, 0.3) is 0 Å². The molecule has 0 heterocycles. The lowest BCUT2D eigenvalue weighted by atomic mass is 10.2. The van der Waals surface area contributed by atoms with Crippen molar-refractivity contribution in [3.05, 3.63) is 54.1 Å². The summed E-state index contributed by atoms with van der Waals surface area (Å²) in [6.07, 6.45) is 1.06. The van der Waals surface area contributed by atoms with Crippen molar-refractivity contribution in [2.75, 3.05) is 11.9 Å². The fraction of sp³-hybridized carbons (Fsp3) is 0.300. The first-order valence-electron chi connectivity index (χ1n) is 8.63. The second-order valence-corrected chi connectivity index (χ2v) is 6.14. The van der Waals surface area contributed by atoms with Crippen LogP contribution in [0.4, 0.5) is 5.69 Å². The van der Waals surface area contributed by atoms with Gasteiger partial charge in [0, 0.05) is 17.3 Å². The van der Waals surface area contributed by atoms with Gasteiger partial charge in [-0.15, -0.1) is 0 Å². The Hall–Kier alpha value is -2.60. The molecule has 1 amide bonds. The standard InChI is InChI=1S/C20H24N2O3S/c1-4-14(3)25-18-8-6-7-16(13-18)21-20(26)22-19(23)15-9-11-17(12-10-15)24-5-2/h6-14H,4-5H2,1-3H3,(H2,21,22,23,26). The molecule has 5 nitrogen and oxygen atoms in total. The Morgan fingerprint density at radius 2 is 1.85 bits per heavy atom. The Labute approximate surface area is 159 Å². The highest BCUT2D eigenvalue weighted by Gasteiger charge is 2.09. The van der Waals surface area contributed by atoms with Gasteiger partial charge >= 0.3 is 0 Å². The first-order chi connectivity index (χ1) is 12.5. The minimum absolute atomic E-state index is 0.136. The molecule has 2 aromatic carbocycles. The van der Waals surface area contributed by atoms with E-state index in [0.29, 0.717) is 12.2 Å². The van der Waals surface area contributed by atoms with Gasteiger partial charge in [0.15, 0.2) is 5.11 Å². The van der Waals surface area contributed by atoms with Crippen molar-refractivity contribution >= 4 is 28.9 Å². The smallest absolute Gasteiger partial charge is 0.257 e. The summed E-state index contributed by atoms with van der Waals surface area (Å²) in [4.78, 5) is 12.3. The van der Waals surface area contributed by atoms with Gasteiger partial charge < -0.3 is 14.8 Å². The highest BCUT2D eigenvalue weighted by atomic mass is 32.1. The van der Waals surface area contributed by atoms with E-state index in [2.05, 4.69) is 17.6 Å². The molecule has 0 aliphatic heterocycles. The number of anilines is 1. The number of nitrogens with one attached hydrogen (secondary N) is 2. The van der Waals surface area contributed by atoms with Crippen molar-refractivity contribution in [1.82, 2.24) is 5.32 Å². The second kappa shape index (κ2) is 9.77. The van der Waals surface area contributed by atoms with Crippen LogP contribution >= 0.6 is 12.2 Å². The van der Waals surface area contributed by atoms with Crippen molar-refractivity contribution in [2.24, 2.45) is 0 Å². The number of ether oxygens (including phenoxy) is 2. The first kappa shape index (κ1) is 19.7. The Balaban J connectivity index is 1.93. The topological polar surface area (TPSA) is 59.6 Å². The molecule has 0 aliphatic carbocycles. The maximum Gasteiger partial charge on any atom is 0.257 e. The number of carbonyl (C=O) groups is 1. The molecule has 1 atom stereocenters. The Morgan fingerprint density at radius 3 is 2.50 bits per heavy atom. The van der Waals surface area contributed by atoms with Gasteiger partial charge in [-0.3, -0.25) is 10.1 Å². The number of rotatable bonds is 7. The van der Waals surface area contributed by atoms with Gasteiger partial charge in [0.05, 0.1) is 12.7 Å². The van der Waals surface area contributed by atoms with Crippen molar-refractivity contribution in [2.45, 2.75) is 33.3 Å². The zero-order chi connectivity index (χ0) is 18.9. The number of carbonyl (C=O) groups excluding carboxylic acids is 1. The van der Waals surface area contributed by atoms with Gasteiger partial charge in [0.1, 0.15) is 11.5 Å². The molecule has 0 radical (unpaired) electrons. The predicted molar refractivity (Wildman–Crippen MR) is 108 cm³/mol. The van der Waals surface area contributed by atoms with Crippen LogP contribution in [0.3, 0.4) is 0 Å². The number of hydrogen-bond donors (Lipinski definition) is 2. The van der Waals surface area contributed by atoms with Crippen molar-refractivity contribution in [3.8, 4) is 11.5 Å². The third-order valence-corrected chi connectivity index (χ3v) is 3.86. The molecule has 2 aromatic rings. The summed E-state index contributed by atoms with van der Waals surface area (Å²) in [6, 6.07) is 14.4. The average molecular weight is 372 g/mol. The van der Waals surface area contributed by atoms with Crippen LogP contribution in [0.1, 0.15) is 37.6 Å². The summed E-state index contributed by atoms with van der Waals surface area (Å²) in [5, 5.41) is 5.89. The van der Waals surface area contributed by atoms with Crippen molar-refractivity contribution in [3.63, 3.8) is 0 Å². The quantitative estimate of drug-likeness (QED) is 0.706. The summed E-state index contributed by atoms with van der Waals surface area (Å²) >= 11 is 5.23. The lowest BCUT2D eigenvalue weighted by Gasteiger charge is -2.14. The van der Waals surface area contributed by atoms with Gasteiger partial charge in [0.25, 0.3) is 5.91 Å². The molecular formula is C20H24N2O3S. The summed E-state index contributed by atoms with van der Waals surface area (Å²) < 4.78 is 11.2. The Bertz CT molecular complexity index is 747. The van der Waals surface area contributed by atoms with Crippen molar-refractivity contribution < 1.29 is 14.3 Å². The van der Waals surface area contributed by atoms with Crippen LogP contribution in [-0.4, -0.2) is 23.7 Å². The molecule has 0 aliphatic rings. The molecule has 0 saturated carbocycles. The van der Waals surface area contributed by atoms with Gasteiger partial charge in [-0.05, 0) is 68.9 Å². The molecule has 26 heavy (non-hydrogen) atoms.